The monoisotopic (exact) mass is 374 g/mol. The van der Waals surface area contributed by atoms with Gasteiger partial charge in [-0.2, -0.15) is 5.10 Å². The van der Waals surface area contributed by atoms with Gasteiger partial charge >= 0.3 is 0 Å². The third kappa shape index (κ3) is 3.03. The minimum absolute atomic E-state index is 0.193. The first-order valence-electron chi connectivity index (χ1n) is 9.52. The van der Waals surface area contributed by atoms with Crippen LogP contribution in [-0.2, 0) is 4.74 Å². The molecule has 0 unspecified atom stereocenters. The van der Waals surface area contributed by atoms with Crippen LogP contribution in [0.5, 0.6) is 0 Å². The molecule has 3 aromatic heterocycles. The van der Waals surface area contributed by atoms with Crippen molar-refractivity contribution < 1.29 is 4.74 Å². The molecule has 7 nitrogen and oxygen atoms in total. The van der Waals surface area contributed by atoms with Crippen LogP contribution < -0.4 is 4.90 Å². The molecule has 2 atom stereocenters. The summed E-state index contributed by atoms with van der Waals surface area (Å²) >= 11 is 0. The molecular weight excluding hydrogens is 352 g/mol. The van der Waals surface area contributed by atoms with Gasteiger partial charge in [-0.3, -0.25) is 5.10 Å². The van der Waals surface area contributed by atoms with Crippen molar-refractivity contribution >= 4 is 11.5 Å². The van der Waals surface area contributed by atoms with Crippen LogP contribution in [0.1, 0.15) is 13.8 Å². The van der Waals surface area contributed by atoms with E-state index in [1.165, 1.54) is 0 Å². The zero-order valence-corrected chi connectivity index (χ0v) is 15.9. The Morgan fingerprint density at radius 1 is 0.929 bits per heavy atom. The smallest absolute Gasteiger partial charge is 0.154 e. The number of nitrogens with one attached hydrogen (secondary N) is 1. The number of imidazole rings is 1. The molecule has 0 aliphatic carbocycles. The molecule has 5 rings (SSSR count). The Hall–Kier alpha value is -3.19. The fourth-order valence-corrected chi connectivity index (χ4v) is 3.84. The number of aromatic amines is 1. The lowest BCUT2D eigenvalue weighted by molar-refractivity contribution is -0.00551. The third-order valence-electron chi connectivity index (χ3n) is 5.10. The Balaban J connectivity index is 1.50. The Labute approximate surface area is 163 Å². The van der Waals surface area contributed by atoms with Crippen molar-refractivity contribution in [2.45, 2.75) is 26.1 Å². The number of hydrogen-bond acceptors (Lipinski definition) is 5. The minimum Gasteiger partial charge on any atom is -0.372 e. The Bertz CT molecular complexity index is 1080. The van der Waals surface area contributed by atoms with Crippen LogP contribution in [-0.4, -0.2) is 50.1 Å². The van der Waals surface area contributed by atoms with Crippen molar-refractivity contribution in [3.63, 3.8) is 0 Å². The van der Waals surface area contributed by atoms with Gasteiger partial charge in [0, 0.05) is 30.4 Å². The number of aromatic nitrogens is 5. The number of fused-ring (bicyclic) bond motifs is 1. The normalized spacial score (nSPS) is 20.0. The van der Waals surface area contributed by atoms with E-state index >= 15 is 0 Å². The molecule has 1 fully saturated rings. The fourth-order valence-electron chi connectivity index (χ4n) is 3.84. The van der Waals surface area contributed by atoms with Crippen LogP contribution in [0.25, 0.3) is 28.0 Å². The number of benzene rings is 1. The van der Waals surface area contributed by atoms with E-state index in [9.17, 15) is 0 Å². The van der Waals surface area contributed by atoms with Crippen LogP contribution in [0.3, 0.4) is 0 Å². The first-order valence-corrected chi connectivity index (χ1v) is 9.52. The van der Waals surface area contributed by atoms with Crippen molar-refractivity contribution in [3.05, 3.63) is 55.0 Å². The molecule has 1 aliphatic heterocycles. The topological polar surface area (TPSA) is 71.3 Å². The standard InChI is InChI=1S/C21H22N6O/c1-14-12-26(13-15(2)28-14)21-8-7-20-22-11-19(27(20)25-21)17-5-3-16(4-6-17)18-9-23-24-10-18/h3-11,14-15H,12-13H2,1-2H3,(H,23,24)/t14-,15-/m1/s1. The molecule has 0 radical (unpaired) electrons. The summed E-state index contributed by atoms with van der Waals surface area (Å²) in [5, 5.41) is 11.8. The maximum atomic E-state index is 5.85. The van der Waals surface area contributed by atoms with E-state index < -0.39 is 0 Å². The van der Waals surface area contributed by atoms with Crippen LogP contribution in [0, 0.1) is 0 Å². The Morgan fingerprint density at radius 3 is 2.39 bits per heavy atom. The number of nitrogens with zero attached hydrogens (tertiary/aromatic N) is 5. The summed E-state index contributed by atoms with van der Waals surface area (Å²) in [7, 11) is 0. The highest BCUT2D eigenvalue weighted by atomic mass is 16.5. The lowest BCUT2D eigenvalue weighted by atomic mass is 10.1. The predicted octanol–water partition coefficient (Wildman–Crippen LogP) is 3.40. The van der Waals surface area contributed by atoms with Gasteiger partial charge in [-0.25, -0.2) is 9.50 Å². The highest BCUT2D eigenvalue weighted by Gasteiger charge is 2.23. The molecule has 4 heterocycles. The molecule has 0 saturated carbocycles. The van der Waals surface area contributed by atoms with Crippen molar-refractivity contribution in [2.75, 3.05) is 18.0 Å². The maximum absolute atomic E-state index is 5.85. The third-order valence-corrected chi connectivity index (χ3v) is 5.10. The largest absolute Gasteiger partial charge is 0.372 e. The van der Waals surface area contributed by atoms with Crippen LogP contribution in [0.4, 0.5) is 5.82 Å². The van der Waals surface area contributed by atoms with Gasteiger partial charge in [0.05, 0.1) is 30.3 Å². The van der Waals surface area contributed by atoms with Gasteiger partial charge in [0.25, 0.3) is 0 Å². The van der Waals surface area contributed by atoms with E-state index in [2.05, 4.69) is 58.2 Å². The van der Waals surface area contributed by atoms with E-state index in [4.69, 9.17) is 9.84 Å². The van der Waals surface area contributed by atoms with Gasteiger partial charge in [0.1, 0.15) is 5.82 Å². The van der Waals surface area contributed by atoms with Crippen molar-refractivity contribution in [1.82, 2.24) is 24.8 Å². The highest BCUT2D eigenvalue weighted by molar-refractivity contribution is 5.69. The fraction of sp³-hybridized carbons (Fsp3) is 0.286. The number of hydrogen-bond donors (Lipinski definition) is 1. The van der Waals surface area contributed by atoms with E-state index in [0.29, 0.717) is 0 Å². The number of morpholine rings is 1. The van der Waals surface area contributed by atoms with Gasteiger partial charge in [-0.15, -0.1) is 5.10 Å². The lowest BCUT2D eigenvalue weighted by Gasteiger charge is -2.35. The first-order chi connectivity index (χ1) is 13.7. The van der Waals surface area contributed by atoms with Crippen molar-refractivity contribution in [3.8, 4) is 22.4 Å². The average molecular weight is 374 g/mol. The SMILES string of the molecule is C[C@@H]1CN(c2ccc3ncc(-c4ccc(-c5cn[nH]c5)cc4)n3n2)C[C@@H](C)O1. The lowest BCUT2D eigenvalue weighted by Crippen LogP contribution is -2.46. The van der Waals surface area contributed by atoms with Crippen molar-refractivity contribution in [2.24, 2.45) is 0 Å². The van der Waals surface area contributed by atoms with Gasteiger partial charge in [0.15, 0.2) is 5.65 Å². The average Bonchev–Trinajstić information content (AvgIpc) is 3.37. The Kier molecular flexibility index (Phi) is 4.09. The quantitative estimate of drug-likeness (QED) is 0.595. The second-order valence-electron chi connectivity index (χ2n) is 7.33. The molecule has 142 valence electrons. The molecule has 1 saturated heterocycles. The molecule has 0 spiro atoms. The highest BCUT2D eigenvalue weighted by Crippen LogP contribution is 2.26. The van der Waals surface area contributed by atoms with E-state index in [-0.39, 0.29) is 12.2 Å². The van der Waals surface area contributed by atoms with Crippen LogP contribution >= 0.6 is 0 Å². The number of anilines is 1. The van der Waals surface area contributed by atoms with Gasteiger partial charge in [-0.1, -0.05) is 24.3 Å². The molecule has 0 bridgehead atoms. The molecule has 1 N–H and O–H groups in total. The minimum atomic E-state index is 0.193. The maximum Gasteiger partial charge on any atom is 0.154 e. The molecule has 7 heteroatoms. The van der Waals surface area contributed by atoms with E-state index in [1.54, 1.807) is 0 Å². The molecule has 1 aromatic carbocycles. The molecule has 1 aliphatic rings. The summed E-state index contributed by atoms with van der Waals surface area (Å²) in [5.41, 5.74) is 5.09. The van der Waals surface area contributed by atoms with Crippen LogP contribution in [0.2, 0.25) is 0 Å². The summed E-state index contributed by atoms with van der Waals surface area (Å²) in [6, 6.07) is 12.4. The summed E-state index contributed by atoms with van der Waals surface area (Å²) < 4.78 is 7.77. The first kappa shape index (κ1) is 16.9. The van der Waals surface area contributed by atoms with Gasteiger partial charge in [-0.05, 0) is 31.5 Å². The molecule has 0 amide bonds. The van der Waals surface area contributed by atoms with Gasteiger partial charge < -0.3 is 9.64 Å². The van der Waals surface area contributed by atoms with Crippen LogP contribution in [0.15, 0.2) is 55.0 Å². The molecule has 4 aromatic rings. The molecular formula is C21H22N6O. The number of rotatable bonds is 3. The second kappa shape index (κ2) is 6.76. The van der Waals surface area contributed by atoms with E-state index in [0.717, 1.165) is 46.9 Å². The summed E-state index contributed by atoms with van der Waals surface area (Å²) in [4.78, 5) is 6.81. The second-order valence-corrected chi connectivity index (χ2v) is 7.33. The van der Waals surface area contributed by atoms with Gasteiger partial charge in [0.2, 0.25) is 0 Å². The summed E-state index contributed by atoms with van der Waals surface area (Å²) in [5.74, 6) is 0.948. The molecule has 28 heavy (non-hydrogen) atoms. The zero-order chi connectivity index (χ0) is 19.1. The summed E-state index contributed by atoms with van der Waals surface area (Å²) in [6.45, 7) is 5.88. The van der Waals surface area contributed by atoms with E-state index in [1.807, 2.05) is 35.2 Å². The van der Waals surface area contributed by atoms with Crippen molar-refractivity contribution in [1.29, 1.82) is 0 Å². The Morgan fingerprint density at radius 2 is 1.68 bits per heavy atom. The zero-order valence-electron chi connectivity index (χ0n) is 15.9. The number of H-pyrrole nitrogens is 1. The number of ether oxygens (including phenoxy) is 1. The predicted molar refractivity (Wildman–Crippen MR) is 108 cm³/mol. The summed E-state index contributed by atoms with van der Waals surface area (Å²) in [6.07, 6.45) is 5.98.